The third kappa shape index (κ3) is 2.88. The highest BCUT2D eigenvalue weighted by Gasteiger charge is 2.09. The van der Waals surface area contributed by atoms with Crippen molar-refractivity contribution in [3.63, 3.8) is 0 Å². The fourth-order valence-corrected chi connectivity index (χ4v) is 1.37. The molecule has 0 saturated heterocycles. The molecule has 0 aromatic carbocycles. The van der Waals surface area contributed by atoms with E-state index in [0.29, 0.717) is 18.5 Å². The third-order valence-corrected chi connectivity index (χ3v) is 2.06. The van der Waals surface area contributed by atoms with E-state index in [2.05, 4.69) is 30.4 Å². The van der Waals surface area contributed by atoms with Gasteiger partial charge in [0.1, 0.15) is 12.7 Å². The first kappa shape index (κ1) is 12.2. The predicted octanol–water partition coefficient (Wildman–Crippen LogP) is -0.519. The van der Waals surface area contributed by atoms with Crippen LogP contribution in [0, 0.1) is 0 Å². The second-order valence-electron chi connectivity index (χ2n) is 3.66. The maximum Gasteiger partial charge on any atom is 0.258 e. The molecule has 0 aliphatic rings. The molecule has 0 aliphatic heterocycles. The van der Waals surface area contributed by atoms with E-state index >= 15 is 0 Å². The molecular formula is C9H14N8O. The fraction of sp³-hybridized carbons (Fsp3) is 0.444. The monoisotopic (exact) mass is 250 g/mol. The molecule has 9 heteroatoms. The van der Waals surface area contributed by atoms with Gasteiger partial charge in [0.25, 0.3) is 5.95 Å². The van der Waals surface area contributed by atoms with E-state index in [0.717, 1.165) is 0 Å². The Labute approximate surface area is 103 Å². The van der Waals surface area contributed by atoms with Crippen molar-refractivity contribution >= 4 is 11.9 Å². The summed E-state index contributed by atoms with van der Waals surface area (Å²) in [7, 11) is 1.63. The fourth-order valence-electron chi connectivity index (χ4n) is 1.37. The van der Waals surface area contributed by atoms with Crippen LogP contribution in [0.25, 0.3) is 5.95 Å². The van der Waals surface area contributed by atoms with Crippen LogP contribution in [0.15, 0.2) is 12.7 Å². The van der Waals surface area contributed by atoms with Crippen LogP contribution in [-0.2, 0) is 4.74 Å². The number of hydrogen-bond acceptors (Lipinski definition) is 8. The van der Waals surface area contributed by atoms with Crippen molar-refractivity contribution in [2.24, 2.45) is 0 Å². The Morgan fingerprint density at radius 2 is 2.28 bits per heavy atom. The Bertz CT molecular complexity index is 499. The van der Waals surface area contributed by atoms with Crippen LogP contribution < -0.4 is 11.1 Å². The summed E-state index contributed by atoms with van der Waals surface area (Å²) in [6.45, 7) is 2.48. The molecule has 1 unspecified atom stereocenters. The molecule has 0 amide bonds. The number of nitrogen functional groups attached to an aromatic ring is 1. The Morgan fingerprint density at radius 3 is 2.94 bits per heavy atom. The maximum absolute atomic E-state index is 5.62. The van der Waals surface area contributed by atoms with Crippen molar-refractivity contribution in [1.82, 2.24) is 29.7 Å². The molecule has 0 fully saturated rings. The number of nitrogens with two attached hydrogens (primary N) is 1. The molecule has 2 heterocycles. The molecule has 0 saturated carbocycles. The molecular weight excluding hydrogens is 236 g/mol. The summed E-state index contributed by atoms with van der Waals surface area (Å²) in [6, 6.07) is 0.0559. The molecule has 18 heavy (non-hydrogen) atoms. The zero-order valence-electron chi connectivity index (χ0n) is 10.1. The molecule has 1 atom stereocenters. The van der Waals surface area contributed by atoms with E-state index in [4.69, 9.17) is 10.5 Å². The van der Waals surface area contributed by atoms with E-state index in [1.165, 1.54) is 17.3 Å². The normalized spacial score (nSPS) is 12.3. The smallest absolute Gasteiger partial charge is 0.258 e. The van der Waals surface area contributed by atoms with Gasteiger partial charge in [0.2, 0.25) is 11.9 Å². The second-order valence-corrected chi connectivity index (χ2v) is 3.66. The largest absolute Gasteiger partial charge is 0.383 e. The summed E-state index contributed by atoms with van der Waals surface area (Å²) < 4.78 is 6.42. The van der Waals surface area contributed by atoms with Gasteiger partial charge in [0.05, 0.1) is 6.61 Å². The number of hydrogen-bond donors (Lipinski definition) is 2. The Morgan fingerprint density at radius 1 is 1.44 bits per heavy atom. The van der Waals surface area contributed by atoms with Crippen LogP contribution in [0.5, 0.6) is 0 Å². The van der Waals surface area contributed by atoms with Gasteiger partial charge in [-0.2, -0.15) is 24.7 Å². The average molecular weight is 250 g/mol. The Kier molecular flexibility index (Phi) is 3.63. The zero-order valence-corrected chi connectivity index (χ0v) is 10.1. The van der Waals surface area contributed by atoms with E-state index in [1.807, 2.05) is 6.92 Å². The quantitative estimate of drug-likeness (QED) is 0.728. The van der Waals surface area contributed by atoms with Crippen LogP contribution in [0.3, 0.4) is 0 Å². The van der Waals surface area contributed by atoms with Crippen LogP contribution in [0.4, 0.5) is 11.9 Å². The number of nitrogens with zero attached hydrogens (tertiary/aromatic N) is 6. The van der Waals surface area contributed by atoms with Gasteiger partial charge in [-0.05, 0) is 6.92 Å². The van der Waals surface area contributed by atoms with Crippen LogP contribution >= 0.6 is 0 Å². The van der Waals surface area contributed by atoms with Gasteiger partial charge in [-0.15, -0.1) is 0 Å². The standard InChI is InChI=1S/C9H14N8O/c1-6(3-18-2)13-8-14-7(10)15-9(16-8)17-5-11-4-12-17/h4-6H,3H2,1-2H3,(H3,10,13,14,15,16). The molecule has 0 radical (unpaired) electrons. The molecule has 0 aliphatic carbocycles. The number of ether oxygens (including phenoxy) is 1. The minimum Gasteiger partial charge on any atom is -0.383 e. The van der Waals surface area contributed by atoms with Crippen LogP contribution in [-0.4, -0.2) is 49.5 Å². The number of rotatable bonds is 5. The second kappa shape index (κ2) is 5.36. The molecule has 0 spiro atoms. The van der Waals surface area contributed by atoms with Crippen LogP contribution in [0.1, 0.15) is 6.92 Å². The number of aromatic nitrogens is 6. The van der Waals surface area contributed by atoms with E-state index in [1.54, 1.807) is 7.11 Å². The molecule has 9 nitrogen and oxygen atoms in total. The highest BCUT2D eigenvalue weighted by atomic mass is 16.5. The maximum atomic E-state index is 5.62. The van der Waals surface area contributed by atoms with Gasteiger partial charge in [0.15, 0.2) is 0 Å². The summed E-state index contributed by atoms with van der Waals surface area (Å²) in [5.74, 6) is 0.798. The third-order valence-electron chi connectivity index (χ3n) is 2.06. The van der Waals surface area contributed by atoms with Crippen LogP contribution in [0.2, 0.25) is 0 Å². The zero-order chi connectivity index (χ0) is 13.0. The molecule has 2 rings (SSSR count). The molecule has 2 aromatic heterocycles. The lowest BCUT2D eigenvalue weighted by atomic mass is 10.4. The molecule has 96 valence electrons. The topological polar surface area (TPSA) is 117 Å². The van der Waals surface area contributed by atoms with Crippen molar-refractivity contribution in [2.75, 3.05) is 24.8 Å². The van der Waals surface area contributed by atoms with Gasteiger partial charge in [-0.3, -0.25) is 0 Å². The highest BCUT2D eigenvalue weighted by molar-refractivity contribution is 5.35. The van der Waals surface area contributed by atoms with Crippen molar-refractivity contribution in [1.29, 1.82) is 0 Å². The van der Waals surface area contributed by atoms with Gasteiger partial charge in [-0.25, -0.2) is 4.98 Å². The van der Waals surface area contributed by atoms with Crippen molar-refractivity contribution in [2.45, 2.75) is 13.0 Å². The van der Waals surface area contributed by atoms with E-state index in [9.17, 15) is 0 Å². The molecule has 0 bridgehead atoms. The Balaban J connectivity index is 2.22. The predicted molar refractivity (Wildman–Crippen MR) is 64.1 cm³/mol. The van der Waals surface area contributed by atoms with Gasteiger partial charge in [-0.1, -0.05) is 0 Å². The van der Waals surface area contributed by atoms with Crippen molar-refractivity contribution < 1.29 is 4.74 Å². The number of anilines is 2. The minimum atomic E-state index is 0.0559. The minimum absolute atomic E-state index is 0.0559. The molecule has 3 N–H and O–H groups in total. The van der Waals surface area contributed by atoms with E-state index < -0.39 is 0 Å². The summed E-state index contributed by atoms with van der Waals surface area (Å²) in [5.41, 5.74) is 5.62. The van der Waals surface area contributed by atoms with Gasteiger partial charge in [0, 0.05) is 13.2 Å². The van der Waals surface area contributed by atoms with Gasteiger partial charge < -0.3 is 15.8 Å². The summed E-state index contributed by atoms with van der Waals surface area (Å²) >= 11 is 0. The summed E-state index contributed by atoms with van der Waals surface area (Å²) in [6.07, 6.45) is 2.87. The Hall–Kier alpha value is -2.29. The average Bonchev–Trinajstić information content (AvgIpc) is 2.81. The lowest BCUT2D eigenvalue weighted by molar-refractivity contribution is 0.190. The number of nitrogens with one attached hydrogen (secondary N) is 1. The number of methoxy groups -OCH3 is 1. The SMILES string of the molecule is COCC(C)Nc1nc(N)nc(-n2cncn2)n1. The van der Waals surface area contributed by atoms with Gasteiger partial charge >= 0.3 is 0 Å². The van der Waals surface area contributed by atoms with E-state index in [-0.39, 0.29) is 12.0 Å². The first-order chi connectivity index (χ1) is 8.69. The first-order valence-electron chi connectivity index (χ1n) is 5.31. The lowest BCUT2D eigenvalue weighted by Crippen LogP contribution is -2.23. The van der Waals surface area contributed by atoms with Crippen molar-refractivity contribution in [3.05, 3.63) is 12.7 Å². The summed E-state index contributed by atoms with van der Waals surface area (Å²) in [5, 5.41) is 6.99. The first-order valence-corrected chi connectivity index (χ1v) is 5.31. The highest BCUT2D eigenvalue weighted by Crippen LogP contribution is 2.06. The van der Waals surface area contributed by atoms with Crippen molar-refractivity contribution in [3.8, 4) is 5.95 Å². The molecule has 2 aromatic rings. The lowest BCUT2D eigenvalue weighted by Gasteiger charge is -2.12. The summed E-state index contributed by atoms with van der Waals surface area (Å²) in [4.78, 5) is 16.0.